The van der Waals surface area contributed by atoms with E-state index in [-0.39, 0.29) is 16.6 Å². The van der Waals surface area contributed by atoms with Gasteiger partial charge in [0.2, 0.25) is 0 Å². The fourth-order valence-corrected chi connectivity index (χ4v) is 3.33. The lowest BCUT2D eigenvalue weighted by atomic mass is 10.0. The molecule has 0 spiro atoms. The number of aromatic nitrogens is 2. The summed E-state index contributed by atoms with van der Waals surface area (Å²) in [6.07, 6.45) is 5.19. The summed E-state index contributed by atoms with van der Waals surface area (Å²) < 4.78 is 32.4. The zero-order valence-electron chi connectivity index (χ0n) is 11.4. The van der Waals surface area contributed by atoms with Gasteiger partial charge in [-0.05, 0) is 38.3 Å². The van der Waals surface area contributed by atoms with Crippen molar-refractivity contribution in [2.24, 2.45) is 0 Å². The summed E-state index contributed by atoms with van der Waals surface area (Å²) in [5, 5.41) is 4.21. The topological polar surface area (TPSA) is 94.2 Å². The summed E-state index contributed by atoms with van der Waals surface area (Å²) in [6.45, 7) is 2.03. The first kappa shape index (κ1) is 13.9. The predicted octanol–water partition coefficient (Wildman–Crippen LogP) is 1.49. The lowest BCUT2D eigenvalue weighted by molar-refractivity contribution is 0.0975. The number of hydrogen-bond acceptors (Lipinski definition) is 5. The van der Waals surface area contributed by atoms with E-state index in [4.69, 9.17) is 4.42 Å². The molecule has 21 heavy (non-hydrogen) atoms. The molecule has 1 aliphatic rings. The number of furan rings is 1. The lowest BCUT2D eigenvalue weighted by Gasteiger charge is -2.20. The van der Waals surface area contributed by atoms with Gasteiger partial charge in [-0.25, -0.2) is 13.1 Å². The third-order valence-corrected chi connectivity index (χ3v) is 4.86. The number of hydrogen-bond donors (Lipinski definition) is 1. The smallest absolute Gasteiger partial charge is 0.285 e. The van der Waals surface area contributed by atoms with Crippen molar-refractivity contribution in [1.82, 2.24) is 14.5 Å². The minimum absolute atomic E-state index is 0.0896. The van der Waals surface area contributed by atoms with Gasteiger partial charge >= 0.3 is 0 Å². The molecule has 3 rings (SSSR count). The van der Waals surface area contributed by atoms with Crippen LogP contribution in [0.4, 0.5) is 0 Å². The quantitative estimate of drug-likeness (QED) is 0.927. The summed E-state index contributed by atoms with van der Waals surface area (Å²) in [4.78, 5) is 12.0. The number of fused-ring (bicyclic) bond motifs is 1. The van der Waals surface area contributed by atoms with Gasteiger partial charge in [-0.2, -0.15) is 5.10 Å². The average Bonchev–Trinajstić information content (AvgIpc) is 3.08. The summed E-state index contributed by atoms with van der Waals surface area (Å²) in [6, 6.07) is 3.15. The molecule has 1 aliphatic heterocycles. The summed E-state index contributed by atoms with van der Waals surface area (Å²) >= 11 is 0. The van der Waals surface area contributed by atoms with Crippen LogP contribution < -0.4 is 4.72 Å². The summed E-state index contributed by atoms with van der Waals surface area (Å²) in [5.74, 6) is -0.731. The third kappa shape index (κ3) is 2.58. The number of sulfonamides is 1. The molecule has 0 saturated heterocycles. The molecular formula is C13H15N3O4S. The van der Waals surface area contributed by atoms with Gasteiger partial charge in [0, 0.05) is 11.7 Å². The zero-order valence-corrected chi connectivity index (χ0v) is 12.3. The molecule has 1 unspecified atom stereocenters. The summed E-state index contributed by atoms with van der Waals surface area (Å²) in [7, 11) is -3.92. The molecule has 0 radical (unpaired) electrons. The molecule has 3 heterocycles. The standard InChI is InChI=1S/C13H15N3O4S/c1-9-3-2-4-10-7-12(14-16(9)10)13(17)15-21(18,19)11-5-6-20-8-11/h5-9H,2-4H2,1H3,(H,15,17). The van der Waals surface area contributed by atoms with Gasteiger partial charge in [0.25, 0.3) is 15.9 Å². The molecule has 2 aromatic rings. The van der Waals surface area contributed by atoms with Crippen LogP contribution in [-0.4, -0.2) is 24.1 Å². The highest BCUT2D eigenvalue weighted by Crippen LogP contribution is 2.24. The van der Waals surface area contributed by atoms with Gasteiger partial charge in [-0.3, -0.25) is 9.48 Å². The largest absolute Gasteiger partial charge is 0.471 e. The Morgan fingerprint density at radius 3 is 3.00 bits per heavy atom. The molecule has 1 N–H and O–H groups in total. The Bertz CT molecular complexity index is 761. The van der Waals surface area contributed by atoms with E-state index in [0.29, 0.717) is 0 Å². The molecule has 0 bridgehead atoms. The van der Waals surface area contributed by atoms with Crippen molar-refractivity contribution in [3.8, 4) is 0 Å². The minimum Gasteiger partial charge on any atom is -0.471 e. The number of nitrogens with one attached hydrogen (secondary N) is 1. The van der Waals surface area contributed by atoms with Crippen LogP contribution in [0.25, 0.3) is 0 Å². The van der Waals surface area contributed by atoms with Crippen LogP contribution in [0.1, 0.15) is 42.0 Å². The first-order valence-electron chi connectivity index (χ1n) is 6.65. The van der Waals surface area contributed by atoms with E-state index in [9.17, 15) is 13.2 Å². The van der Waals surface area contributed by atoms with Crippen molar-refractivity contribution in [3.63, 3.8) is 0 Å². The first-order valence-corrected chi connectivity index (χ1v) is 8.13. The maximum atomic E-state index is 12.1. The van der Waals surface area contributed by atoms with Crippen molar-refractivity contribution in [2.75, 3.05) is 0 Å². The van der Waals surface area contributed by atoms with E-state index in [1.807, 2.05) is 11.6 Å². The Kier molecular flexibility index (Phi) is 3.32. The van der Waals surface area contributed by atoms with Gasteiger partial charge < -0.3 is 4.42 Å². The Labute approximate surface area is 122 Å². The van der Waals surface area contributed by atoms with Crippen molar-refractivity contribution >= 4 is 15.9 Å². The van der Waals surface area contributed by atoms with Gasteiger partial charge in [0.1, 0.15) is 11.2 Å². The molecule has 0 saturated carbocycles. The van der Waals surface area contributed by atoms with Gasteiger partial charge in [0.05, 0.1) is 6.26 Å². The fraction of sp³-hybridized carbons (Fsp3) is 0.385. The lowest BCUT2D eigenvalue weighted by Crippen LogP contribution is -2.30. The highest BCUT2D eigenvalue weighted by molar-refractivity contribution is 7.90. The molecule has 8 heteroatoms. The van der Waals surface area contributed by atoms with E-state index < -0.39 is 15.9 Å². The SMILES string of the molecule is CC1CCCc2cc(C(=O)NS(=O)(=O)c3ccoc3)nn21. The molecule has 0 fully saturated rings. The first-order chi connectivity index (χ1) is 9.97. The van der Waals surface area contributed by atoms with E-state index >= 15 is 0 Å². The molecule has 7 nitrogen and oxygen atoms in total. The normalized spacial score (nSPS) is 18.2. The number of aryl methyl sites for hydroxylation is 1. The van der Waals surface area contributed by atoms with E-state index in [1.165, 1.54) is 12.3 Å². The number of nitrogens with zero attached hydrogens (tertiary/aromatic N) is 2. The maximum Gasteiger partial charge on any atom is 0.285 e. The average molecular weight is 309 g/mol. The van der Waals surface area contributed by atoms with Gasteiger partial charge in [-0.15, -0.1) is 0 Å². The second kappa shape index (κ2) is 5.03. The third-order valence-electron chi connectivity index (χ3n) is 3.55. The van der Waals surface area contributed by atoms with E-state index in [2.05, 4.69) is 5.10 Å². The van der Waals surface area contributed by atoms with Crippen LogP contribution in [0.5, 0.6) is 0 Å². The second-order valence-electron chi connectivity index (χ2n) is 5.10. The monoisotopic (exact) mass is 309 g/mol. The molecule has 0 aromatic carbocycles. The Morgan fingerprint density at radius 2 is 2.33 bits per heavy atom. The van der Waals surface area contributed by atoms with E-state index in [1.54, 1.807) is 10.7 Å². The fourth-order valence-electron chi connectivity index (χ4n) is 2.45. The maximum absolute atomic E-state index is 12.1. The van der Waals surface area contributed by atoms with E-state index in [0.717, 1.165) is 31.2 Å². The summed E-state index contributed by atoms with van der Waals surface area (Å²) in [5.41, 5.74) is 1.07. The van der Waals surface area contributed by atoms with Crippen LogP contribution in [0.2, 0.25) is 0 Å². The number of rotatable bonds is 3. The highest BCUT2D eigenvalue weighted by atomic mass is 32.2. The van der Waals surface area contributed by atoms with Gasteiger partial charge in [-0.1, -0.05) is 0 Å². The molecule has 1 atom stereocenters. The van der Waals surface area contributed by atoms with Crippen LogP contribution in [0.3, 0.4) is 0 Å². The van der Waals surface area contributed by atoms with Crippen molar-refractivity contribution in [3.05, 3.63) is 36.0 Å². The Morgan fingerprint density at radius 1 is 1.52 bits per heavy atom. The predicted molar refractivity (Wildman–Crippen MR) is 73.2 cm³/mol. The molecule has 112 valence electrons. The highest BCUT2D eigenvalue weighted by Gasteiger charge is 2.24. The molecule has 2 aromatic heterocycles. The molecule has 0 aliphatic carbocycles. The Hall–Kier alpha value is -2.09. The van der Waals surface area contributed by atoms with Crippen LogP contribution >= 0.6 is 0 Å². The van der Waals surface area contributed by atoms with Gasteiger partial charge in [0.15, 0.2) is 5.69 Å². The number of amides is 1. The molecular weight excluding hydrogens is 294 g/mol. The number of carbonyl (C=O) groups is 1. The van der Waals surface area contributed by atoms with Crippen LogP contribution in [-0.2, 0) is 16.4 Å². The second-order valence-corrected chi connectivity index (χ2v) is 6.78. The van der Waals surface area contributed by atoms with Crippen molar-refractivity contribution < 1.29 is 17.6 Å². The van der Waals surface area contributed by atoms with Crippen molar-refractivity contribution in [1.29, 1.82) is 0 Å². The number of carbonyl (C=O) groups excluding carboxylic acids is 1. The van der Waals surface area contributed by atoms with Crippen LogP contribution in [0.15, 0.2) is 34.0 Å². The Balaban J connectivity index is 1.84. The van der Waals surface area contributed by atoms with Crippen molar-refractivity contribution in [2.45, 2.75) is 37.1 Å². The molecule has 1 amide bonds. The van der Waals surface area contributed by atoms with Crippen LogP contribution in [0, 0.1) is 0 Å². The zero-order chi connectivity index (χ0) is 15.0. The minimum atomic E-state index is -3.92.